The lowest BCUT2D eigenvalue weighted by Gasteiger charge is -2.27. The lowest BCUT2D eigenvalue weighted by atomic mass is 9.93. The maximum absolute atomic E-state index is 13.3. The van der Waals surface area contributed by atoms with Crippen molar-refractivity contribution in [2.75, 3.05) is 0 Å². The van der Waals surface area contributed by atoms with Crippen molar-refractivity contribution in [1.29, 1.82) is 0 Å². The molecule has 0 spiro atoms. The molecule has 0 amide bonds. The van der Waals surface area contributed by atoms with Gasteiger partial charge in [0, 0.05) is 12.1 Å². The fourth-order valence-corrected chi connectivity index (χ4v) is 2.07. The molecule has 0 saturated heterocycles. The topological polar surface area (TPSA) is 32.3 Å². The van der Waals surface area contributed by atoms with E-state index in [9.17, 15) is 8.78 Å². The molecular formula is C17H19F2NO. The van der Waals surface area contributed by atoms with E-state index >= 15 is 0 Å². The number of hydrogen-bond donors (Lipinski definition) is 2. The third-order valence-electron chi connectivity index (χ3n) is 3.58. The van der Waals surface area contributed by atoms with Crippen LogP contribution < -0.4 is 5.32 Å². The van der Waals surface area contributed by atoms with Crippen molar-refractivity contribution in [2.24, 2.45) is 0 Å². The zero-order chi connectivity index (χ0) is 15.5. The Morgan fingerprint density at radius 3 is 2.14 bits per heavy atom. The van der Waals surface area contributed by atoms with Crippen LogP contribution in [-0.4, -0.2) is 5.11 Å². The summed E-state index contributed by atoms with van der Waals surface area (Å²) in [6.07, 6.45) is 0. The van der Waals surface area contributed by atoms with E-state index < -0.39 is 17.2 Å². The number of benzene rings is 2. The molecule has 2 rings (SSSR count). The van der Waals surface area contributed by atoms with Gasteiger partial charge in [-0.3, -0.25) is 0 Å². The second kappa shape index (κ2) is 6.33. The van der Waals surface area contributed by atoms with E-state index in [1.165, 1.54) is 6.07 Å². The molecule has 0 saturated carbocycles. The minimum Gasteiger partial charge on any atom is -0.392 e. The van der Waals surface area contributed by atoms with Crippen LogP contribution in [0.2, 0.25) is 0 Å². The number of nitrogens with one attached hydrogen (secondary N) is 1. The second-order valence-electron chi connectivity index (χ2n) is 5.58. The molecule has 112 valence electrons. The summed E-state index contributed by atoms with van der Waals surface area (Å²) in [4.78, 5) is 0. The van der Waals surface area contributed by atoms with Crippen molar-refractivity contribution in [1.82, 2.24) is 5.32 Å². The molecule has 0 aromatic heterocycles. The summed E-state index contributed by atoms with van der Waals surface area (Å²) in [6.45, 7) is 4.45. The third-order valence-corrected chi connectivity index (χ3v) is 3.58. The van der Waals surface area contributed by atoms with E-state index in [0.717, 1.165) is 17.2 Å². The minimum atomic E-state index is -0.839. The molecule has 2 nitrogen and oxygen atoms in total. The van der Waals surface area contributed by atoms with Crippen LogP contribution in [0.3, 0.4) is 0 Å². The van der Waals surface area contributed by atoms with Crippen LogP contribution in [0.1, 0.15) is 30.5 Å². The fraction of sp³-hybridized carbons (Fsp3) is 0.294. The Bertz CT molecular complexity index is 609. The van der Waals surface area contributed by atoms with Crippen molar-refractivity contribution >= 4 is 0 Å². The minimum absolute atomic E-state index is 0.0219. The van der Waals surface area contributed by atoms with Crippen LogP contribution in [0.15, 0.2) is 42.5 Å². The van der Waals surface area contributed by atoms with Gasteiger partial charge in [-0.05, 0) is 42.7 Å². The quantitative estimate of drug-likeness (QED) is 0.884. The van der Waals surface area contributed by atoms with E-state index in [2.05, 4.69) is 5.32 Å². The Kier molecular flexibility index (Phi) is 4.70. The highest BCUT2D eigenvalue weighted by Crippen LogP contribution is 2.22. The lowest BCUT2D eigenvalue weighted by Crippen LogP contribution is -2.36. The predicted molar refractivity (Wildman–Crippen MR) is 78.6 cm³/mol. The van der Waals surface area contributed by atoms with Crippen molar-refractivity contribution in [3.63, 3.8) is 0 Å². The van der Waals surface area contributed by atoms with Crippen molar-refractivity contribution in [3.8, 4) is 0 Å². The molecule has 0 bridgehead atoms. The summed E-state index contributed by atoms with van der Waals surface area (Å²) in [5.41, 5.74) is 2.12. The van der Waals surface area contributed by atoms with Crippen LogP contribution in [0.5, 0.6) is 0 Å². The maximum Gasteiger partial charge on any atom is 0.159 e. The molecule has 2 aromatic rings. The summed E-state index contributed by atoms with van der Waals surface area (Å²) < 4.78 is 26.3. The summed E-state index contributed by atoms with van der Waals surface area (Å²) in [5.74, 6) is -1.68. The van der Waals surface area contributed by atoms with E-state index in [-0.39, 0.29) is 6.61 Å². The molecule has 2 N–H and O–H groups in total. The Morgan fingerprint density at radius 2 is 1.57 bits per heavy atom. The van der Waals surface area contributed by atoms with E-state index in [0.29, 0.717) is 12.1 Å². The smallest absolute Gasteiger partial charge is 0.159 e. The molecular weight excluding hydrogens is 272 g/mol. The molecule has 0 heterocycles. The molecule has 4 heteroatoms. The van der Waals surface area contributed by atoms with Gasteiger partial charge in [-0.15, -0.1) is 0 Å². The molecule has 0 unspecified atom stereocenters. The molecule has 2 aromatic carbocycles. The summed E-state index contributed by atoms with van der Waals surface area (Å²) in [5, 5.41) is 12.3. The van der Waals surface area contributed by atoms with E-state index in [1.54, 1.807) is 6.07 Å². The normalized spacial score (nSPS) is 11.7. The van der Waals surface area contributed by atoms with Crippen LogP contribution in [0.25, 0.3) is 0 Å². The van der Waals surface area contributed by atoms with Gasteiger partial charge < -0.3 is 10.4 Å². The first-order chi connectivity index (χ1) is 9.92. The molecule has 0 aliphatic carbocycles. The maximum atomic E-state index is 13.3. The van der Waals surface area contributed by atoms with Crippen LogP contribution in [0.4, 0.5) is 8.78 Å². The summed E-state index contributed by atoms with van der Waals surface area (Å²) in [6, 6.07) is 11.5. The van der Waals surface area contributed by atoms with E-state index in [1.807, 2.05) is 38.1 Å². The molecule has 0 fully saturated rings. The summed E-state index contributed by atoms with van der Waals surface area (Å²) >= 11 is 0. The number of aliphatic hydroxyl groups excluding tert-OH is 1. The average molecular weight is 291 g/mol. The van der Waals surface area contributed by atoms with E-state index in [4.69, 9.17) is 5.11 Å². The number of halogens is 2. The van der Waals surface area contributed by atoms with Crippen LogP contribution >= 0.6 is 0 Å². The van der Waals surface area contributed by atoms with Crippen molar-refractivity contribution in [3.05, 3.63) is 70.8 Å². The predicted octanol–water partition coefficient (Wildman–Crippen LogP) is 3.48. The highest BCUT2D eigenvalue weighted by Gasteiger charge is 2.21. The van der Waals surface area contributed by atoms with Gasteiger partial charge in [-0.1, -0.05) is 30.3 Å². The highest BCUT2D eigenvalue weighted by atomic mass is 19.2. The Balaban J connectivity index is 2.07. The number of rotatable bonds is 5. The number of aliphatic hydroxyl groups is 1. The largest absolute Gasteiger partial charge is 0.392 e. The first-order valence-corrected chi connectivity index (χ1v) is 6.81. The fourth-order valence-electron chi connectivity index (χ4n) is 2.07. The molecule has 0 atom stereocenters. The zero-order valence-corrected chi connectivity index (χ0v) is 12.2. The Morgan fingerprint density at radius 1 is 0.952 bits per heavy atom. The zero-order valence-electron chi connectivity index (χ0n) is 12.2. The summed E-state index contributed by atoms with van der Waals surface area (Å²) in [7, 11) is 0. The molecule has 0 aliphatic heterocycles. The van der Waals surface area contributed by atoms with Crippen molar-refractivity contribution < 1.29 is 13.9 Å². The van der Waals surface area contributed by atoms with Gasteiger partial charge in [0.25, 0.3) is 0 Å². The SMILES string of the molecule is CC(C)(NCc1ccc(CO)cc1)c1ccc(F)c(F)c1. The Labute approximate surface area is 123 Å². The first-order valence-electron chi connectivity index (χ1n) is 6.81. The molecule has 0 aliphatic rings. The average Bonchev–Trinajstić information content (AvgIpc) is 2.48. The van der Waals surface area contributed by atoms with Gasteiger partial charge in [0.15, 0.2) is 11.6 Å². The Hall–Kier alpha value is -1.78. The monoisotopic (exact) mass is 291 g/mol. The van der Waals surface area contributed by atoms with Crippen LogP contribution in [0, 0.1) is 11.6 Å². The van der Waals surface area contributed by atoms with Gasteiger partial charge in [0.2, 0.25) is 0 Å². The standard InChI is InChI=1S/C17H19F2NO/c1-17(2,14-7-8-15(18)16(19)9-14)20-10-12-3-5-13(11-21)6-4-12/h3-9,20-21H,10-11H2,1-2H3. The molecule has 0 radical (unpaired) electrons. The number of hydrogen-bond acceptors (Lipinski definition) is 2. The van der Waals surface area contributed by atoms with Crippen LogP contribution in [-0.2, 0) is 18.7 Å². The second-order valence-corrected chi connectivity index (χ2v) is 5.58. The van der Waals surface area contributed by atoms with Gasteiger partial charge in [0.05, 0.1) is 6.61 Å². The first kappa shape index (κ1) is 15.6. The highest BCUT2D eigenvalue weighted by molar-refractivity contribution is 5.26. The van der Waals surface area contributed by atoms with Crippen molar-refractivity contribution in [2.45, 2.75) is 32.5 Å². The van der Waals surface area contributed by atoms with Gasteiger partial charge in [-0.2, -0.15) is 0 Å². The molecule has 21 heavy (non-hydrogen) atoms. The van der Waals surface area contributed by atoms with Gasteiger partial charge in [-0.25, -0.2) is 8.78 Å². The lowest BCUT2D eigenvalue weighted by molar-refractivity contribution is 0.282. The van der Waals surface area contributed by atoms with Gasteiger partial charge >= 0.3 is 0 Å². The third kappa shape index (κ3) is 3.86. The van der Waals surface area contributed by atoms with Gasteiger partial charge in [0.1, 0.15) is 0 Å².